The van der Waals surface area contributed by atoms with Crippen LogP contribution in [-0.4, -0.2) is 53.9 Å². The van der Waals surface area contributed by atoms with Crippen molar-refractivity contribution in [2.75, 3.05) is 23.4 Å². The molecule has 11 heteroatoms. The molecule has 2 heterocycles. The maximum atomic E-state index is 13.5. The van der Waals surface area contributed by atoms with E-state index in [1.165, 1.54) is 42.5 Å². The minimum Gasteiger partial charge on any atom is -0.462 e. The van der Waals surface area contributed by atoms with Crippen molar-refractivity contribution >= 4 is 35.1 Å². The summed E-state index contributed by atoms with van der Waals surface area (Å²) in [4.78, 5) is 50.5. The van der Waals surface area contributed by atoms with Gasteiger partial charge < -0.3 is 10.1 Å². The average molecular weight is 439 g/mol. The number of carbonyl (C=O) groups excluding carboxylic acids is 4. The largest absolute Gasteiger partial charge is 0.462 e. The van der Waals surface area contributed by atoms with E-state index in [-0.39, 0.29) is 18.8 Å². The molecule has 2 aromatic carbocycles. The van der Waals surface area contributed by atoms with E-state index in [9.17, 15) is 23.6 Å². The molecule has 164 valence electrons. The molecule has 0 spiro atoms. The van der Waals surface area contributed by atoms with Gasteiger partial charge in [0.1, 0.15) is 12.4 Å². The molecule has 3 amide bonds. The average Bonchev–Trinajstić information content (AvgIpc) is 3.28. The van der Waals surface area contributed by atoms with Crippen LogP contribution in [0.25, 0.3) is 0 Å². The third-order valence-electron chi connectivity index (χ3n) is 4.91. The molecule has 1 saturated heterocycles. The number of amides is 3. The van der Waals surface area contributed by atoms with Crippen LogP contribution in [0.5, 0.6) is 0 Å². The van der Waals surface area contributed by atoms with Gasteiger partial charge >= 0.3 is 5.97 Å². The lowest BCUT2D eigenvalue weighted by Gasteiger charge is -2.20. The number of hydrogen-bond donors (Lipinski definition) is 1. The maximum Gasteiger partial charge on any atom is 0.338 e. The summed E-state index contributed by atoms with van der Waals surface area (Å²) in [6.45, 7) is 1.62. The molecule has 32 heavy (non-hydrogen) atoms. The normalized spacial score (nSPS) is 19.3. The fraction of sp³-hybridized carbons (Fsp3) is 0.238. The Morgan fingerprint density at radius 2 is 1.88 bits per heavy atom. The summed E-state index contributed by atoms with van der Waals surface area (Å²) in [5.74, 6) is -2.83. The minimum atomic E-state index is -1.09. The molecule has 10 nitrogen and oxygen atoms in total. The fourth-order valence-electron chi connectivity index (χ4n) is 3.48. The number of esters is 1. The molecule has 0 radical (unpaired) electrons. The molecule has 0 saturated carbocycles. The first-order valence-corrected chi connectivity index (χ1v) is 9.77. The number of rotatable bonds is 6. The van der Waals surface area contributed by atoms with E-state index in [0.717, 1.165) is 16.0 Å². The summed E-state index contributed by atoms with van der Waals surface area (Å²) in [5, 5.41) is 11.4. The number of nitrogens with zero attached hydrogens (tertiary/aromatic N) is 4. The first-order chi connectivity index (χ1) is 15.4. The van der Waals surface area contributed by atoms with Crippen molar-refractivity contribution in [3.8, 4) is 0 Å². The second-order valence-electron chi connectivity index (χ2n) is 7.03. The highest BCUT2D eigenvalue weighted by Gasteiger charge is 2.55. The van der Waals surface area contributed by atoms with Crippen molar-refractivity contribution < 1.29 is 28.3 Å². The molecule has 0 aliphatic carbocycles. The van der Waals surface area contributed by atoms with Crippen LogP contribution in [0.3, 0.4) is 0 Å². The van der Waals surface area contributed by atoms with E-state index < -0.39 is 41.6 Å². The van der Waals surface area contributed by atoms with Crippen LogP contribution in [0.1, 0.15) is 17.3 Å². The molecule has 4 rings (SSSR count). The number of fused-ring (bicyclic) bond motifs is 1. The van der Waals surface area contributed by atoms with E-state index in [1.807, 2.05) is 0 Å². The van der Waals surface area contributed by atoms with Gasteiger partial charge in [0.25, 0.3) is 11.8 Å². The predicted octanol–water partition coefficient (Wildman–Crippen LogP) is 1.93. The lowest BCUT2D eigenvalue weighted by atomic mass is 10.1. The Kier molecular flexibility index (Phi) is 5.63. The van der Waals surface area contributed by atoms with Gasteiger partial charge in [0.2, 0.25) is 5.91 Å². The van der Waals surface area contributed by atoms with Gasteiger partial charge in [-0.05, 0) is 49.4 Å². The number of anilines is 2. The summed E-state index contributed by atoms with van der Waals surface area (Å²) in [6, 6.07) is 9.02. The Morgan fingerprint density at radius 1 is 1.12 bits per heavy atom. The maximum absolute atomic E-state index is 13.5. The van der Waals surface area contributed by atoms with Crippen LogP contribution in [0.4, 0.5) is 15.8 Å². The van der Waals surface area contributed by atoms with E-state index in [2.05, 4.69) is 15.7 Å². The highest BCUT2D eigenvalue weighted by atomic mass is 19.1. The second-order valence-corrected chi connectivity index (χ2v) is 7.03. The summed E-state index contributed by atoms with van der Waals surface area (Å²) in [5.41, 5.74) is 0.857. The predicted molar refractivity (Wildman–Crippen MR) is 109 cm³/mol. The van der Waals surface area contributed by atoms with E-state index in [1.54, 1.807) is 6.92 Å². The van der Waals surface area contributed by atoms with Crippen molar-refractivity contribution in [1.29, 1.82) is 0 Å². The van der Waals surface area contributed by atoms with Gasteiger partial charge in [-0.2, -0.15) is 5.11 Å². The Bertz CT molecular complexity index is 1120. The van der Waals surface area contributed by atoms with Crippen molar-refractivity contribution in [2.45, 2.75) is 19.0 Å². The van der Waals surface area contributed by atoms with Crippen molar-refractivity contribution in [1.82, 2.24) is 5.01 Å². The number of carbonyl (C=O) groups is 4. The number of halogens is 1. The van der Waals surface area contributed by atoms with E-state index >= 15 is 0 Å². The zero-order chi connectivity index (χ0) is 22.8. The SMILES string of the molecule is CCOC(=O)c1ccc(NC(=O)CN2N=NC3C(=O)N(c4cccc(F)c4)C(=O)C32)cc1. The first kappa shape index (κ1) is 21.1. The summed E-state index contributed by atoms with van der Waals surface area (Å²) in [7, 11) is 0. The number of hydrogen-bond acceptors (Lipinski definition) is 8. The van der Waals surface area contributed by atoms with Gasteiger partial charge in [0.05, 0.1) is 17.9 Å². The highest BCUT2D eigenvalue weighted by molar-refractivity contribution is 6.25. The Morgan fingerprint density at radius 3 is 2.56 bits per heavy atom. The number of imide groups is 1. The standard InChI is InChI=1S/C21H18FN5O5/c1-2-32-21(31)12-6-8-14(9-7-12)23-16(28)11-26-18-17(24-25-26)19(29)27(20(18)30)15-5-3-4-13(22)10-15/h3-10,17-18H,2,11H2,1H3,(H,23,28). The van der Waals surface area contributed by atoms with E-state index in [4.69, 9.17) is 4.74 Å². The zero-order valence-electron chi connectivity index (χ0n) is 16.9. The highest BCUT2D eigenvalue weighted by Crippen LogP contribution is 2.32. The monoisotopic (exact) mass is 439 g/mol. The topological polar surface area (TPSA) is 121 Å². The molecule has 0 bridgehead atoms. The van der Waals surface area contributed by atoms with Crippen LogP contribution < -0.4 is 10.2 Å². The molecule has 1 fully saturated rings. The van der Waals surface area contributed by atoms with Crippen molar-refractivity contribution in [3.63, 3.8) is 0 Å². The van der Waals surface area contributed by atoms with Gasteiger partial charge in [-0.1, -0.05) is 11.3 Å². The van der Waals surface area contributed by atoms with Crippen molar-refractivity contribution in [2.24, 2.45) is 10.3 Å². The smallest absolute Gasteiger partial charge is 0.338 e. The van der Waals surface area contributed by atoms with Gasteiger partial charge in [-0.15, -0.1) is 0 Å². The van der Waals surface area contributed by atoms with Crippen LogP contribution in [-0.2, 0) is 19.1 Å². The Balaban J connectivity index is 1.42. The first-order valence-electron chi connectivity index (χ1n) is 9.77. The number of nitrogens with one attached hydrogen (secondary N) is 1. The number of ether oxygens (including phenoxy) is 1. The number of benzene rings is 2. The summed E-state index contributed by atoms with van der Waals surface area (Å²) in [6.07, 6.45) is 0. The molecular formula is C21H18FN5O5. The van der Waals surface area contributed by atoms with Crippen LogP contribution in [0, 0.1) is 5.82 Å². The molecule has 0 aromatic heterocycles. The van der Waals surface area contributed by atoms with Crippen LogP contribution >= 0.6 is 0 Å². The third-order valence-corrected chi connectivity index (χ3v) is 4.91. The molecule has 2 unspecified atom stereocenters. The molecule has 2 aliphatic rings. The lowest BCUT2D eigenvalue weighted by Crippen LogP contribution is -2.43. The van der Waals surface area contributed by atoms with E-state index in [0.29, 0.717) is 11.3 Å². The lowest BCUT2D eigenvalue weighted by molar-refractivity contribution is -0.123. The van der Waals surface area contributed by atoms with Gasteiger partial charge in [-0.3, -0.25) is 19.4 Å². The molecule has 2 atom stereocenters. The molecule has 2 aromatic rings. The van der Waals surface area contributed by atoms with Crippen LogP contribution in [0.2, 0.25) is 0 Å². The molecule has 1 N–H and O–H groups in total. The summed E-state index contributed by atoms with van der Waals surface area (Å²) >= 11 is 0. The zero-order valence-corrected chi connectivity index (χ0v) is 16.9. The minimum absolute atomic E-state index is 0.0932. The second kappa shape index (κ2) is 8.53. The van der Waals surface area contributed by atoms with Gasteiger partial charge in [0, 0.05) is 5.69 Å². The van der Waals surface area contributed by atoms with Crippen molar-refractivity contribution in [3.05, 3.63) is 59.9 Å². The Labute approximate surface area is 181 Å². The molecular weight excluding hydrogens is 421 g/mol. The summed E-state index contributed by atoms with van der Waals surface area (Å²) < 4.78 is 18.5. The fourth-order valence-corrected chi connectivity index (χ4v) is 3.48. The van der Waals surface area contributed by atoms with Gasteiger partial charge in [0.15, 0.2) is 12.1 Å². The Hall–Kier alpha value is -4.15. The quantitative estimate of drug-likeness (QED) is 0.542. The molecule has 2 aliphatic heterocycles. The van der Waals surface area contributed by atoms with Crippen LogP contribution in [0.15, 0.2) is 58.9 Å². The third kappa shape index (κ3) is 3.92. The van der Waals surface area contributed by atoms with Gasteiger partial charge in [-0.25, -0.2) is 14.1 Å².